The van der Waals surface area contributed by atoms with E-state index in [9.17, 15) is 14.0 Å². The Labute approximate surface area is 137 Å². The third-order valence-corrected chi connectivity index (χ3v) is 3.60. The Morgan fingerprint density at radius 2 is 1.92 bits per heavy atom. The number of carbonyl (C=O) groups is 1. The van der Waals surface area contributed by atoms with Crippen molar-refractivity contribution >= 4 is 17.0 Å². The second-order valence-corrected chi connectivity index (χ2v) is 5.89. The summed E-state index contributed by atoms with van der Waals surface area (Å²) >= 11 is 0. The monoisotopic (exact) mass is 328 g/mol. The molecule has 24 heavy (non-hydrogen) atoms. The van der Waals surface area contributed by atoms with Gasteiger partial charge < -0.3 is 9.73 Å². The summed E-state index contributed by atoms with van der Waals surface area (Å²) in [5.74, 6) is -1.07. The fourth-order valence-electron chi connectivity index (χ4n) is 2.47. The second kappa shape index (κ2) is 6.31. The highest BCUT2D eigenvalue weighted by Crippen LogP contribution is 2.17. The van der Waals surface area contributed by atoms with Crippen LogP contribution < -0.4 is 11.1 Å². The number of amides is 1. The lowest BCUT2D eigenvalue weighted by atomic mass is 10.1. The van der Waals surface area contributed by atoms with Crippen molar-refractivity contribution in [2.24, 2.45) is 0 Å². The van der Waals surface area contributed by atoms with E-state index in [1.807, 2.05) is 13.8 Å². The fourth-order valence-corrected chi connectivity index (χ4v) is 2.47. The summed E-state index contributed by atoms with van der Waals surface area (Å²) in [6.07, 6.45) is 0. The lowest BCUT2D eigenvalue weighted by Gasteiger charge is -2.08. The number of oxazole rings is 1. The van der Waals surface area contributed by atoms with Crippen LogP contribution in [0.4, 0.5) is 4.39 Å². The number of halogens is 1. The van der Waals surface area contributed by atoms with Crippen molar-refractivity contribution in [2.45, 2.75) is 26.4 Å². The number of nitrogens with one attached hydrogen (secondary N) is 1. The SMILES string of the molecule is CC(C)NC(=O)c1ccc2oc(=O)n(Cc3ccc(F)cc3)c2c1. The van der Waals surface area contributed by atoms with E-state index >= 15 is 0 Å². The maximum atomic E-state index is 13.0. The number of benzene rings is 2. The first-order valence-corrected chi connectivity index (χ1v) is 7.63. The molecule has 6 heteroatoms. The Morgan fingerprint density at radius 1 is 1.21 bits per heavy atom. The average molecular weight is 328 g/mol. The largest absolute Gasteiger partial charge is 0.420 e. The molecule has 1 amide bonds. The van der Waals surface area contributed by atoms with E-state index in [0.29, 0.717) is 16.7 Å². The van der Waals surface area contributed by atoms with Crippen LogP contribution >= 0.6 is 0 Å². The van der Waals surface area contributed by atoms with Gasteiger partial charge in [0.25, 0.3) is 5.91 Å². The highest BCUT2D eigenvalue weighted by Gasteiger charge is 2.14. The van der Waals surface area contributed by atoms with E-state index in [2.05, 4.69) is 5.32 Å². The van der Waals surface area contributed by atoms with Gasteiger partial charge in [-0.05, 0) is 49.7 Å². The van der Waals surface area contributed by atoms with Gasteiger partial charge >= 0.3 is 5.76 Å². The molecule has 0 fully saturated rings. The van der Waals surface area contributed by atoms with Crippen molar-refractivity contribution < 1.29 is 13.6 Å². The minimum Gasteiger partial charge on any atom is -0.408 e. The van der Waals surface area contributed by atoms with Crippen LogP contribution in [-0.4, -0.2) is 16.5 Å². The summed E-state index contributed by atoms with van der Waals surface area (Å²) in [6.45, 7) is 3.98. The summed E-state index contributed by atoms with van der Waals surface area (Å²) in [5, 5.41) is 2.81. The molecule has 1 N–H and O–H groups in total. The van der Waals surface area contributed by atoms with Crippen molar-refractivity contribution in [1.82, 2.24) is 9.88 Å². The Morgan fingerprint density at radius 3 is 2.58 bits per heavy atom. The molecule has 3 aromatic rings. The summed E-state index contributed by atoms with van der Waals surface area (Å²) in [5.41, 5.74) is 2.15. The summed E-state index contributed by atoms with van der Waals surface area (Å²) in [4.78, 5) is 24.2. The zero-order chi connectivity index (χ0) is 17.3. The third kappa shape index (κ3) is 3.22. The van der Waals surface area contributed by atoms with E-state index in [1.165, 1.54) is 16.7 Å². The molecule has 0 aliphatic rings. The number of aromatic nitrogens is 1. The molecule has 0 spiro atoms. The van der Waals surface area contributed by atoms with Gasteiger partial charge in [-0.2, -0.15) is 0 Å². The van der Waals surface area contributed by atoms with Crippen molar-refractivity contribution in [1.29, 1.82) is 0 Å². The molecule has 0 aliphatic heterocycles. The molecule has 0 saturated heterocycles. The van der Waals surface area contributed by atoms with Gasteiger partial charge in [0.1, 0.15) is 5.82 Å². The molecule has 0 unspecified atom stereocenters. The van der Waals surface area contributed by atoms with Gasteiger partial charge in [0, 0.05) is 11.6 Å². The van der Waals surface area contributed by atoms with Crippen LogP contribution in [0.25, 0.3) is 11.1 Å². The zero-order valence-electron chi connectivity index (χ0n) is 13.4. The first-order chi connectivity index (χ1) is 11.4. The average Bonchev–Trinajstić information content (AvgIpc) is 2.84. The van der Waals surface area contributed by atoms with Crippen molar-refractivity contribution in [2.75, 3.05) is 0 Å². The van der Waals surface area contributed by atoms with Crippen LogP contribution in [0.3, 0.4) is 0 Å². The van der Waals surface area contributed by atoms with Crippen LogP contribution in [0.5, 0.6) is 0 Å². The van der Waals surface area contributed by atoms with Crippen LogP contribution in [-0.2, 0) is 6.54 Å². The van der Waals surface area contributed by atoms with Gasteiger partial charge in [0.15, 0.2) is 5.58 Å². The highest BCUT2D eigenvalue weighted by atomic mass is 19.1. The summed E-state index contributed by atoms with van der Waals surface area (Å²) < 4.78 is 19.6. The topological polar surface area (TPSA) is 64.2 Å². The highest BCUT2D eigenvalue weighted by molar-refractivity contribution is 5.97. The minimum atomic E-state index is -0.518. The van der Waals surface area contributed by atoms with E-state index < -0.39 is 5.76 Å². The van der Waals surface area contributed by atoms with Gasteiger partial charge in [0.2, 0.25) is 0 Å². The Balaban J connectivity index is 2.00. The van der Waals surface area contributed by atoms with Crippen LogP contribution in [0.15, 0.2) is 51.7 Å². The minimum absolute atomic E-state index is 0.0129. The Hall–Kier alpha value is -2.89. The van der Waals surface area contributed by atoms with E-state index in [0.717, 1.165) is 5.56 Å². The van der Waals surface area contributed by atoms with Crippen LogP contribution in [0.2, 0.25) is 0 Å². The smallest absolute Gasteiger partial charge is 0.408 e. The molecule has 5 nitrogen and oxygen atoms in total. The fraction of sp³-hybridized carbons (Fsp3) is 0.222. The maximum Gasteiger partial charge on any atom is 0.420 e. The van der Waals surface area contributed by atoms with E-state index in [-0.39, 0.29) is 24.3 Å². The molecule has 1 aromatic heterocycles. The van der Waals surface area contributed by atoms with Crippen LogP contribution in [0, 0.1) is 5.82 Å². The first-order valence-electron chi connectivity index (χ1n) is 7.63. The number of hydrogen-bond acceptors (Lipinski definition) is 3. The standard InChI is InChI=1S/C18H17FN2O3/c1-11(2)20-17(22)13-5-8-16-15(9-13)21(18(23)24-16)10-12-3-6-14(19)7-4-12/h3-9,11H,10H2,1-2H3,(H,20,22). The molecule has 0 radical (unpaired) electrons. The molecule has 3 rings (SSSR count). The maximum absolute atomic E-state index is 13.0. The van der Waals surface area contributed by atoms with Crippen molar-refractivity contribution in [3.63, 3.8) is 0 Å². The zero-order valence-corrected chi connectivity index (χ0v) is 13.4. The summed E-state index contributed by atoms with van der Waals surface area (Å²) in [6, 6.07) is 10.7. The van der Waals surface area contributed by atoms with Crippen LogP contribution in [0.1, 0.15) is 29.8 Å². The van der Waals surface area contributed by atoms with Gasteiger partial charge in [-0.15, -0.1) is 0 Å². The molecular formula is C18H17FN2O3. The lowest BCUT2D eigenvalue weighted by molar-refractivity contribution is 0.0943. The number of rotatable bonds is 4. The Kier molecular flexibility index (Phi) is 4.20. The predicted octanol–water partition coefficient (Wildman–Crippen LogP) is 2.92. The van der Waals surface area contributed by atoms with Gasteiger partial charge in [-0.3, -0.25) is 9.36 Å². The molecule has 2 aromatic carbocycles. The van der Waals surface area contributed by atoms with Crippen molar-refractivity contribution in [3.05, 3.63) is 70.0 Å². The second-order valence-electron chi connectivity index (χ2n) is 5.89. The summed E-state index contributed by atoms with van der Waals surface area (Å²) in [7, 11) is 0. The van der Waals surface area contributed by atoms with E-state index in [4.69, 9.17) is 4.42 Å². The molecule has 124 valence electrons. The number of carbonyl (C=O) groups excluding carboxylic acids is 1. The van der Waals surface area contributed by atoms with Gasteiger partial charge in [-0.25, -0.2) is 9.18 Å². The molecule has 0 bridgehead atoms. The molecule has 1 heterocycles. The van der Waals surface area contributed by atoms with E-state index in [1.54, 1.807) is 30.3 Å². The molecular weight excluding hydrogens is 311 g/mol. The quantitative estimate of drug-likeness (QED) is 0.801. The van der Waals surface area contributed by atoms with Crippen molar-refractivity contribution in [3.8, 4) is 0 Å². The lowest BCUT2D eigenvalue weighted by Crippen LogP contribution is -2.30. The molecule has 0 atom stereocenters. The van der Waals surface area contributed by atoms with Gasteiger partial charge in [0.05, 0.1) is 12.1 Å². The predicted molar refractivity (Wildman–Crippen MR) is 88.6 cm³/mol. The molecule has 0 saturated carbocycles. The molecule has 0 aliphatic carbocycles. The third-order valence-electron chi connectivity index (χ3n) is 3.60. The van der Waals surface area contributed by atoms with Gasteiger partial charge in [-0.1, -0.05) is 12.1 Å². The number of hydrogen-bond donors (Lipinski definition) is 1. The number of fused-ring (bicyclic) bond motifs is 1. The first kappa shape index (κ1) is 16.0. The Bertz CT molecular complexity index is 939. The number of nitrogens with zero attached hydrogens (tertiary/aromatic N) is 1. The normalized spacial score (nSPS) is 11.2.